The smallest absolute Gasteiger partial charge is 0.151 e. The number of nitrogens with one attached hydrogen (secondary N) is 1. The highest BCUT2D eigenvalue weighted by Crippen LogP contribution is 2.27. The molecular formula is C13H17Cl2NO2S. The summed E-state index contributed by atoms with van der Waals surface area (Å²) in [7, 11) is -2.89. The van der Waals surface area contributed by atoms with Gasteiger partial charge in [-0.05, 0) is 37.5 Å². The van der Waals surface area contributed by atoms with Crippen molar-refractivity contribution < 1.29 is 8.42 Å². The average molecular weight is 322 g/mol. The molecule has 19 heavy (non-hydrogen) atoms. The summed E-state index contributed by atoms with van der Waals surface area (Å²) in [4.78, 5) is 0. The fraction of sp³-hybridized carbons (Fsp3) is 0.538. The highest BCUT2D eigenvalue weighted by atomic mass is 35.5. The zero-order chi connectivity index (χ0) is 14.0. The van der Waals surface area contributed by atoms with Crippen molar-refractivity contribution in [3.63, 3.8) is 0 Å². The third-order valence-corrected chi connectivity index (χ3v) is 5.76. The molecule has 3 nitrogen and oxygen atoms in total. The van der Waals surface area contributed by atoms with E-state index in [0.717, 1.165) is 18.4 Å². The molecule has 1 saturated heterocycles. The lowest BCUT2D eigenvalue weighted by Gasteiger charge is -2.27. The van der Waals surface area contributed by atoms with Crippen molar-refractivity contribution in [1.82, 2.24) is 5.32 Å². The van der Waals surface area contributed by atoms with E-state index in [0.29, 0.717) is 15.8 Å². The van der Waals surface area contributed by atoms with Crippen LogP contribution in [0.1, 0.15) is 31.4 Å². The minimum Gasteiger partial charge on any atom is -0.306 e. The van der Waals surface area contributed by atoms with Crippen LogP contribution < -0.4 is 5.32 Å². The van der Waals surface area contributed by atoms with Crippen LogP contribution in [0.3, 0.4) is 0 Å². The highest BCUT2D eigenvalue weighted by Gasteiger charge is 2.26. The summed E-state index contributed by atoms with van der Waals surface area (Å²) in [5.41, 5.74) is 0.939. The Balaban J connectivity index is 2.06. The first-order valence-electron chi connectivity index (χ1n) is 6.29. The maximum absolute atomic E-state index is 11.6. The van der Waals surface area contributed by atoms with E-state index in [9.17, 15) is 8.42 Å². The van der Waals surface area contributed by atoms with Crippen molar-refractivity contribution in [3.8, 4) is 0 Å². The van der Waals surface area contributed by atoms with Crippen molar-refractivity contribution >= 4 is 33.0 Å². The van der Waals surface area contributed by atoms with Crippen LogP contribution in [0, 0.1) is 0 Å². The molecule has 106 valence electrons. The minimum absolute atomic E-state index is 0.000458. The Bertz CT molecular complexity index is 560. The van der Waals surface area contributed by atoms with E-state index in [1.54, 1.807) is 12.1 Å². The van der Waals surface area contributed by atoms with Crippen LogP contribution in [-0.2, 0) is 9.84 Å². The van der Waals surface area contributed by atoms with Gasteiger partial charge in [-0.3, -0.25) is 0 Å². The predicted octanol–water partition coefficient (Wildman–Crippen LogP) is 3.22. The Morgan fingerprint density at radius 1 is 1.37 bits per heavy atom. The Morgan fingerprint density at radius 2 is 2.11 bits per heavy atom. The summed E-state index contributed by atoms with van der Waals surface area (Å²) in [6.45, 7) is 1.98. The van der Waals surface area contributed by atoms with E-state index in [1.807, 2.05) is 13.0 Å². The largest absolute Gasteiger partial charge is 0.306 e. The second-order valence-corrected chi connectivity index (χ2v) is 8.08. The number of hydrogen-bond donors (Lipinski definition) is 1. The number of halogens is 2. The van der Waals surface area contributed by atoms with E-state index in [2.05, 4.69) is 5.32 Å². The zero-order valence-corrected chi connectivity index (χ0v) is 13.0. The zero-order valence-electron chi connectivity index (χ0n) is 10.7. The fourth-order valence-corrected chi connectivity index (χ4v) is 4.67. The molecule has 0 saturated carbocycles. The molecule has 0 bridgehead atoms. The van der Waals surface area contributed by atoms with Crippen molar-refractivity contribution in [2.24, 2.45) is 0 Å². The second-order valence-electron chi connectivity index (χ2n) is 5.01. The van der Waals surface area contributed by atoms with Gasteiger partial charge >= 0.3 is 0 Å². The molecule has 1 heterocycles. The summed E-state index contributed by atoms with van der Waals surface area (Å²) in [5.74, 6) is 0.518. The molecule has 2 rings (SSSR count). The van der Waals surface area contributed by atoms with Gasteiger partial charge in [0.1, 0.15) is 0 Å². The van der Waals surface area contributed by atoms with Gasteiger partial charge in [0, 0.05) is 22.1 Å². The number of benzene rings is 1. The van der Waals surface area contributed by atoms with Crippen LogP contribution in [0.15, 0.2) is 18.2 Å². The SMILES string of the molecule is CC(NC1CCCS(=O)(=O)C1)c1ccc(Cl)cc1Cl. The van der Waals surface area contributed by atoms with Gasteiger partial charge in [0.25, 0.3) is 0 Å². The first kappa shape index (κ1) is 15.1. The van der Waals surface area contributed by atoms with Crippen LogP contribution in [0.4, 0.5) is 0 Å². The average Bonchev–Trinajstić information content (AvgIpc) is 2.27. The van der Waals surface area contributed by atoms with Gasteiger partial charge in [-0.2, -0.15) is 0 Å². The molecule has 1 fully saturated rings. The van der Waals surface area contributed by atoms with Crippen molar-refractivity contribution in [3.05, 3.63) is 33.8 Å². The Hall–Kier alpha value is -0.290. The minimum atomic E-state index is -2.89. The predicted molar refractivity (Wildman–Crippen MR) is 79.7 cm³/mol. The molecule has 0 radical (unpaired) electrons. The molecule has 1 aromatic rings. The fourth-order valence-electron chi connectivity index (χ4n) is 2.45. The third-order valence-electron chi connectivity index (χ3n) is 3.38. The molecule has 6 heteroatoms. The van der Waals surface area contributed by atoms with Gasteiger partial charge in [-0.15, -0.1) is 0 Å². The van der Waals surface area contributed by atoms with Crippen LogP contribution >= 0.6 is 23.2 Å². The molecular weight excluding hydrogens is 305 g/mol. The third kappa shape index (κ3) is 4.09. The summed E-state index contributed by atoms with van der Waals surface area (Å²) in [6, 6.07) is 5.37. The van der Waals surface area contributed by atoms with Gasteiger partial charge < -0.3 is 5.32 Å². The second kappa shape index (κ2) is 6.00. The summed E-state index contributed by atoms with van der Waals surface area (Å²) in [5, 5.41) is 4.55. The Labute approximate surface area is 124 Å². The van der Waals surface area contributed by atoms with Crippen LogP contribution in [0.5, 0.6) is 0 Å². The molecule has 1 aliphatic heterocycles. The quantitative estimate of drug-likeness (QED) is 0.929. The van der Waals surface area contributed by atoms with Crippen molar-refractivity contribution in [2.75, 3.05) is 11.5 Å². The number of hydrogen-bond acceptors (Lipinski definition) is 3. The molecule has 0 amide bonds. The summed E-state index contributed by atoms with van der Waals surface area (Å²) in [6.07, 6.45) is 1.61. The molecule has 2 atom stereocenters. The lowest BCUT2D eigenvalue weighted by atomic mass is 10.1. The molecule has 0 aromatic heterocycles. The van der Waals surface area contributed by atoms with Crippen LogP contribution in [0.25, 0.3) is 0 Å². The van der Waals surface area contributed by atoms with E-state index < -0.39 is 9.84 Å². The molecule has 2 unspecified atom stereocenters. The molecule has 1 aliphatic rings. The maximum Gasteiger partial charge on any atom is 0.151 e. The van der Waals surface area contributed by atoms with E-state index >= 15 is 0 Å². The topological polar surface area (TPSA) is 46.2 Å². The Kier molecular flexibility index (Phi) is 4.77. The first-order chi connectivity index (χ1) is 8.87. The van der Waals surface area contributed by atoms with Gasteiger partial charge in [-0.1, -0.05) is 29.3 Å². The highest BCUT2D eigenvalue weighted by molar-refractivity contribution is 7.91. The van der Waals surface area contributed by atoms with Gasteiger partial charge in [0.15, 0.2) is 9.84 Å². The number of rotatable bonds is 3. The lowest BCUT2D eigenvalue weighted by molar-refractivity contribution is 0.437. The normalized spacial score (nSPS) is 24.1. The number of sulfone groups is 1. The monoisotopic (exact) mass is 321 g/mol. The summed E-state index contributed by atoms with van der Waals surface area (Å²) < 4.78 is 23.2. The summed E-state index contributed by atoms with van der Waals surface area (Å²) >= 11 is 12.0. The van der Waals surface area contributed by atoms with Crippen molar-refractivity contribution in [2.45, 2.75) is 31.8 Å². The molecule has 0 spiro atoms. The first-order valence-corrected chi connectivity index (χ1v) is 8.86. The van der Waals surface area contributed by atoms with E-state index in [-0.39, 0.29) is 17.8 Å². The van der Waals surface area contributed by atoms with E-state index in [4.69, 9.17) is 23.2 Å². The van der Waals surface area contributed by atoms with Gasteiger partial charge in [0.05, 0.1) is 11.5 Å². The van der Waals surface area contributed by atoms with E-state index in [1.165, 1.54) is 0 Å². The van der Waals surface area contributed by atoms with Gasteiger partial charge in [-0.25, -0.2) is 8.42 Å². The van der Waals surface area contributed by atoms with Gasteiger partial charge in [0.2, 0.25) is 0 Å². The molecule has 1 N–H and O–H groups in total. The van der Waals surface area contributed by atoms with Crippen LogP contribution in [-0.4, -0.2) is 26.0 Å². The van der Waals surface area contributed by atoms with Crippen molar-refractivity contribution in [1.29, 1.82) is 0 Å². The van der Waals surface area contributed by atoms with Crippen LogP contribution in [0.2, 0.25) is 10.0 Å². The molecule has 1 aromatic carbocycles. The lowest BCUT2D eigenvalue weighted by Crippen LogP contribution is -2.41. The Morgan fingerprint density at radius 3 is 2.74 bits per heavy atom. The molecule has 0 aliphatic carbocycles. The maximum atomic E-state index is 11.6. The standard InChI is InChI=1S/C13H17Cl2NO2S/c1-9(12-5-4-10(14)7-13(12)15)16-11-3-2-6-19(17,18)8-11/h4-5,7,9,11,16H,2-3,6,8H2,1H3.